The van der Waals surface area contributed by atoms with Crippen LogP contribution in [0.5, 0.6) is 0 Å². The molecule has 0 saturated carbocycles. The van der Waals surface area contributed by atoms with Crippen LogP contribution in [0.4, 0.5) is 5.13 Å². The standard InChI is InChI=1S/C19H23N5O4S2/c1-6-11(15(25)21-19-23-22-12(7-2)29-19)24-8-20-16-13(17(24)26)10(5)14(30-16)18(27)28-9(3)4/h8-9,11H,6-7H2,1-5H3,(H,21,23,25). The first kappa shape index (κ1) is 22.0. The summed E-state index contributed by atoms with van der Waals surface area (Å²) in [5.74, 6) is -0.851. The summed E-state index contributed by atoms with van der Waals surface area (Å²) in [7, 11) is 0. The lowest BCUT2D eigenvalue weighted by molar-refractivity contribution is -0.119. The number of nitrogens with one attached hydrogen (secondary N) is 1. The molecule has 0 saturated heterocycles. The molecule has 0 bridgehead atoms. The van der Waals surface area contributed by atoms with Crippen molar-refractivity contribution in [3.8, 4) is 0 Å². The Morgan fingerprint density at radius 1 is 1.23 bits per heavy atom. The summed E-state index contributed by atoms with van der Waals surface area (Å²) in [5.41, 5.74) is 0.144. The second-order valence-corrected chi connectivity index (χ2v) is 8.98. The minimum atomic E-state index is -0.770. The topological polar surface area (TPSA) is 116 Å². The number of hydrogen-bond donors (Lipinski definition) is 1. The lowest BCUT2D eigenvalue weighted by Crippen LogP contribution is -2.33. The molecule has 9 nitrogen and oxygen atoms in total. The predicted molar refractivity (Wildman–Crippen MR) is 116 cm³/mol. The molecule has 0 spiro atoms. The maximum Gasteiger partial charge on any atom is 0.348 e. The molecule has 1 N–H and O–H groups in total. The Morgan fingerprint density at radius 3 is 2.57 bits per heavy atom. The molecule has 11 heteroatoms. The average molecular weight is 450 g/mol. The van der Waals surface area contributed by atoms with Crippen molar-refractivity contribution < 1.29 is 14.3 Å². The summed E-state index contributed by atoms with van der Waals surface area (Å²) in [6.45, 7) is 8.98. The monoisotopic (exact) mass is 449 g/mol. The first-order valence-corrected chi connectivity index (χ1v) is 11.2. The van der Waals surface area contributed by atoms with Gasteiger partial charge in [-0.1, -0.05) is 25.2 Å². The zero-order valence-corrected chi connectivity index (χ0v) is 19.0. The van der Waals surface area contributed by atoms with Gasteiger partial charge in [-0.3, -0.25) is 19.5 Å². The van der Waals surface area contributed by atoms with E-state index in [9.17, 15) is 14.4 Å². The second-order valence-electron chi connectivity index (χ2n) is 6.92. The molecule has 1 atom stereocenters. The fourth-order valence-corrected chi connectivity index (χ4v) is 4.67. The molecular formula is C19H23N5O4S2. The quantitative estimate of drug-likeness (QED) is 0.550. The third-order valence-electron chi connectivity index (χ3n) is 4.43. The Labute approximate surface area is 181 Å². The van der Waals surface area contributed by atoms with E-state index < -0.39 is 12.0 Å². The maximum atomic E-state index is 13.2. The van der Waals surface area contributed by atoms with E-state index >= 15 is 0 Å². The van der Waals surface area contributed by atoms with Crippen molar-refractivity contribution in [2.75, 3.05) is 5.32 Å². The molecular weight excluding hydrogens is 426 g/mol. The molecule has 0 radical (unpaired) electrons. The van der Waals surface area contributed by atoms with Gasteiger partial charge in [0.15, 0.2) is 0 Å². The molecule has 3 rings (SSSR count). The molecule has 0 aromatic carbocycles. The van der Waals surface area contributed by atoms with Gasteiger partial charge in [0.1, 0.15) is 20.8 Å². The first-order chi connectivity index (χ1) is 14.3. The van der Waals surface area contributed by atoms with E-state index in [0.29, 0.717) is 32.2 Å². The highest BCUT2D eigenvalue weighted by atomic mass is 32.1. The smallest absolute Gasteiger partial charge is 0.348 e. The highest BCUT2D eigenvalue weighted by molar-refractivity contribution is 7.20. The molecule has 0 aliphatic heterocycles. The van der Waals surface area contributed by atoms with Crippen molar-refractivity contribution in [3.05, 3.63) is 32.1 Å². The van der Waals surface area contributed by atoms with Crippen LogP contribution in [0.1, 0.15) is 60.4 Å². The molecule has 30 heavy (non-hydrogen) atoms. The number of anilines is 1. The number of hydrogen-bond acceptors (Lipinski definition) is 9. The van der Waals surface area contributed by atoms with E-state index in [1.165, 1.54) is 22.2 Å². The number of nitrogens with zero attached hydrogens (tertiary/aromatic N) is 4. The van der Waals surface area contributed by atoms with Gasteiger partial charge in [0, 0.05) is 0 Å². The molecule has 3 aromatic heterocycles. The molecule has 3 heterocycles. The van der Waals surface area contributed by atoms with Crippen molar-refractivity contribution >= 4 is 49.9 Å². The Morgan fingerprint density at radius 2 is 1.97 bits per heavy atom. The number of aryl methyl sites for hydroxylation is 2. The first-order valence-electron chi connectivity index (χ1n) is 9.61. The van der Waals surface area contributed by atoms with Gasteiger partial charge in [-0.15, -0.1) is 21.5 Å². The summed E-state index contributed by atoms with van der Waals surface area (Å²) in [4.78, 5) is 43.5. The zero-order chi connectivity index (χ0) is 22.0. The lowest BCUT2D eigenvalue weighted by atomic mass is 10.1. The number of ether oxygens (including phenoxy) is 1. The van der Waals surface area contributed by atoms with Gasteiger partial charge >= 0.3 is 5.97 Å². The number of amides is 1. The van der Waals surface area contributed by atoms with E-state index in [-0.39, 0.29) is 17.6 Å². The zero-order valence-electron chi connectivity index (χ0n) is 17.4. The third-order valence-corrected chi connectivity index (χ3v) is 6.59. The Balaban J connectivity index is 1.96. The van der Waals surface area contributed by atoms with Crippen LogP contribution in [0, 0.1) is 6.92 Å². The molecule has 0 aliphatic carbocycles. The summed E-state index contributed by atoms with van der Waals surface area (Å²) < 4.78 is 6.56. The van der Waals surface area contributed by atoms with E-state index in [4.69, 9.17) is 4.74 Å². The molecule has 0 aliphatic rings. The van der Waals surface area contributed by atoms with E-state index in [1.54, 1.807) is 20.8 Å². The number of aromatic nitrogens is 4. The fourth-order valence-electron chi connectivity index (χ4n) is 2.97. The summed E-state index contributed by atoms with van der Waals surface area (Å²) in [5, 5.41) is 12.2. The van der Waals surface area contributed by atoms with E-state index in [2.05, 4.69) is 20.5 Å². The SMILES string of the molecule is CCc1nnc(NC(=O)C(CC)n2cnc3sc(C(=O)OC(C)C)c(C)c3c2=O)s1. The van der Waals surface area contributed by atoms with Crippen molar-refractivity contribution in [2.24, 2.45) is 0 Å². The minimum Gasteiger partial charge on any atom is -0.459 e. The molecule has 0 fully saturated rings. The van der Waals surface area contributed by atoms with Gasteiger partial charge in [-0.05, 0) is 39.2 Å². The van der Waals surface area contributed by atoms with Gasteiger partial charge in [0.25, 0.3) is 5.56 Å². The summed E-state index contributed by atoms with van der Waals surface area (Å²) in [6.07, 6.45) is 2.19. The van der Waals surface area contributed by atoms with Crippen LogP contribution in [0.2, 0.25) is 0 Å². The highest BCUT2D eigenvalue weighted by Gasteiger charge is 2.26. The Hall–Kier alpha value is -2.66. The number of rotatable bonds is 7. The van der Waals surface area contributed by atoms with Crippen molar-refractivity contribution in [3.63, 3.8) is 0 Å². The van der Waals surface area contributed by atoms with Crippen LogP contribution < -0.4 is 10.9 Å². The van der Waals surface area contributed by atoms with Crippen LogP contribution >= 0.6 is 22.7 Å². The van der Waals surface area contributed by atoms with Crippen molar-refractivity contribution in [2.45, 2.75) is 59.6 Å². The van der Waals surface area contributed by atoms with Gasteiger partial charge in [0.2, 0.25) is 11.0 Å². The van der Waals surface area contributed by atoms with E-state index in [0.717, 1.165) is 22.8 Å². The molecule has 160 valence electrons. The number of carbonyl (C=O) groups excluding carboxylic acids is 2. The van der Waals surface area contributed by atoms with Crippen LogP contribution in [0.25, 0.3) is 10.2 Å². The van der Waals surface area contributed by atoms with Gasteiger partial charge in [-0.25, -0.2) is 9.78 Å². The largest absolute Gasteiger partial charge is 0.459 e. The Kier molecular flexibility index (Phi) is 6.61. The highest BCUT2D eigenvalue weighted by Crippen LogP contribution is 2.28. The van der Waals surface area contributed by atoms with Gasteiger partial charge in [-0.2, -0.15) is 0 Å². The van der Waals surface area contributed by atoms with Gasteiger partial charge in [0.05, 0.1) is 17.8 Å². The van der Waals surface area contributed by atoms with Crippen LogP contribution in [-0.2, 0) is 16.0 Å². The minimum absolute atomic E-state index is 0.270. The summed E-state index contributed by atoms with van der Waals surface area (Å²) >= 11 is 2.41. The van der Waals surface area contributed by atoms with Crippen LogP contribution in [0.3, 0.4) is 0 Å². The number of carbonyl (C=O) groups is 2. The fraction of sp³-hybridized carbons (Fsp3) is 0.474. The predicted octanol–water partition coefficient (Wildman–Crippen LogP) is 3.34. The number of thiophene rings is 1. The van der Waals surface area contributed by atoms with Gasteiger partial charge < -0.3 is 4.74 Å². The molecule has 3 aromatic rings. The number of esters is 1. The van der Waals surface area contributed by atoms with E-state index in [1.807, 2.05) is 13.8 Å². The normalized spacial score (nSPS) is 12.3. The Bertz CT molecular complexity index is 1150. The second kappa shape index (κ2) is 9.00. The summed E-state index contributed by atoms with van der Waals surface area (Å²) in [6, 6.07) is -0.770. The van der Waals surface area contributed by atoms with Crippen LogP contribution in [-0.4, -0.2) is 37.7 Å². The van der Waals surface area contributed by atoms with Crippen molar-refractivity contribution in [1.82, 2.24) is 19.7 Å². The number of fused-ring (bicyclic) bond motifs is 1. The molecule has 1 amide bonds. The average Bonchev–Trinajstić information content (AvgIpc) is 3.28. The van der Waals surface area contributed by atoms with Crippen molar-refractivity contribution in [1.29, 1.82) is 0 Å². The molecule has 1 unspecified atom stereocenters. The third kappa shape index (κ3) is 4.26. The maximum absolute atomic E-state index is 13.2. The lowest BCUT2D eigenvalue weighted by Gasteiger charge is -2.16. The van der Waals surface area contributed by atoms with Crippen LogP contribution in [0.15, 0.2) is 11.1 Å².